The van der Waals surface area contributed by atoms with Gasteiger partial charge in [-0.05, 0) is 36.8 Å². The van der Waals surface area contributed by atoms with Crippen LogP contribution in [0.1, 0.15) is 28.8 Å². The lowest BCUT2D eigenvalue weighted by atomic mass is 10.1. The summed E-state index contributed by atoms with van der Waals surface area (Å²) in [4.78, 5) is 56.8. The molecule has 2 atom stereocenters. The molecule has 3 aromatic rings. The molecule has 2 aromatic heterocycles. The van der Waals surface area contributed by atoms with Crippen molar-refractivity contribution in [2.24, 2.45) is 0 Å². The monoisotopic (exact) mass is 580 g/mol. The molecule has 5 rings (SSSR count). The maximum atomic E-state index is 12.3. The van der Waals surface area contributed by atoms with Crippen molar-refractivity contribution in [1.29, 1.82) is 0 Å². The average Bonchev–Trinajstić information content (AvgIpc) is 2.98. The van der Waals surface area contributed by atoms with Crippen molar-refractivity contribution in [3.05, 3.63) is 64.1 Å². The van der Waals surface area contributed by atoms with Crippen molar-refractivity contribution in [3.8, 4) is 0 Å². The molecular weight excluding hydrogens is 548 g/mol. The second-order valence-corrected chi connectivity index (χ2v) is 9.44. The van der Waals surface area contributed by atoms with Gasteiger partial charge in [0.25, 0.3) is 11.5 Å². The van der Waals surface area contributed by atoms with Crippen molar-refractivity contribution in [1.82, 2.24) is 25.6 Å². The predicted molar refractivity (Wildman–Crippen MR) is 155 cm³/mol. The average molecular weight is 581 g/mol. The lowest BCUT2D eigenvalue weighted by molar-refractivity contribution is -0.140. The molecule has 0 aliphatic carbocycles. The standard InChI is InChI=1S/C19H23N7O6.C7H9N3/c20-19-25-15-14(17(30)26-19)23-11(8-22-15)7-21-10-3-1-9(2-4-10)16(29)24-12(18(31)32)5-6-13(27)28;1-2-6-4-8-5-10-7(6)9-3-1/h1-4,11-12,21,23H,5-8H2,(H,24,29)(H,27,28)(H,31,32)(H4,20,22,25,26,30);1-3,8H,4-5H2,(H,9,10)/t11?,12-;/m0./s1. The van der Waals surface area contributed by atoms with Crippen molar-refractivity contribution < 1.29 is 24.6 Å². The number of benzene rings is 1. The molecule has 0 saturated carbocycles. The molecule has 1 amide bonds. The van der Waals surface area contributed by atoms with Crippen molar-refractivity contribution >= 4 is 46.8 Å². The highest BCUT2D eigenvalue weighted by Crippen LogP contribution is 2.20. The molecule has 11 N–H and O–H groups in total. The fourth-order valence-electron chi connectivity index (χ4n) is 4.18. The van der Waals surface area contributed by atoms with E-state index in [1.165, 1.54) is 17.7 Å². The molecular formula is C26H32N10O6. The molecule has 0 radical (unpaired) electrons. The topological polar surface area (TPSA) is 249 Å². The lowest BCUT2D eigenvalue weighted by Crippen LogP contribution is -2.41. The number of nitrogen functional groups attached to an aromatic ring is 1. The molecule has 1 unspecified atom stereocenters. The number of nitrogens with two attached hydrogens (primary N) is 1. The van der Waals surface area contributed by atoms with Crippen LogP contribution < -0.4 is 43.2 Å². The molecule has 4 heterocycles. The van der Waals surface area contributed by atoms with E-state index in [2.05, 4.69) is 52.9 Å². The van der Waals surface area contributed by atoms with E-state index in [4.69, 9.17) is 15.9 Å². The van der Waals surface area contributed by atoms with Gasteiger partial charge in [0.1, 0.15) is 17.5 Å². The van der Waals surface area contributed by atoms with Gasteiger partial charge in [0.2, 0.25) is 5.95 Å². The minimum atomic E-state index is -1.30. The van der Waals surface area contributed by atoms with Crippen LogP contribution in [0.4, 0.5) is 29.0 Å². The molecule has 16 heteroatoms. The third-order valence-corrected chi connectivity index (χ3v) is 6.34. The van der Waals surface area contributed by atoms with Gasteiger partial charge in [-0.15, -0.1) is 0 Å². The summed E-state index contributed by atoms with van der Waals surface area (Å²) in [6.07, 6.45) is 1.22. The normalized spacial score (nSPS) is 15.5. The first-order valence-electron chi connectivity index (χ1n) is 13.1. The Kier molecular flexibility index (Phi) is 9.73. The zero-order valence-corrected chi connectivity index (χ0v) is 22.4. The number of nitrogens with one attached hydrogen (secondary N) is 7. The van der Waals surface area contributed by atoms with Gasteiger partial charge in [-0.25, -0.2) is 9.78 Å². The molecule has 222 valence electrons. The van der Waals surface area contributed by atoms with E-state index in [-0.39, 0.29) is 36.0 Å². The summed E-state index contributed by atoms with van der Waals surface area (Å²) < 4.78 is 0. The number of hydrogen-bond donors (Lipinski definition) is 10. The van der Waals surface area contributed by atoms with Gasteiger partial charge in [-0.1, -0.05) is 6.07 Å². The summed E-state index contributed by atoms with van der Waals surface area (Å²) in [6, 6.07) is 8.96. The molecule has 0 spiro atoms. The number of aromatic amines is 1. The van der Waals surface area contributed by atoms with Crippen LogP contribution in [0.15, 0.2) is 47.4 Å². The quantitative estimate of drug-likeness (QED) is 0.163. The fourth-order valence-corrected chi connectivity index (χ4v) is 4.18. The van der Waals surface area contributed by atoms with Gasteiger partial charge < -0.3 is 42.5 Å². The van der Waals surface area contributed by atoms with E-state index < -0.39 is 23.9 Å². The van der Waals surface area contributed by atoms with E-state index in [9.17, 15) is 19.2 Å². The summed E-state index contributed by atoms with van der Waals surface area (Å²) >= 11 is 0. The van der Waals surface area contributed by atoms with Crippen LogP contribution >= 0.6 is 0 Å². The number of carbonyl (C=O) groups excluding carboxylic acids is 1. The van der Waals surface area contributed by atoms with E-state index >= 15 is 0 Å². The van der Waals surface area contributed by atoms with E-state index in [1.54, 1.807) is 18.3 Å². The lowest BCUT2D eigenvalue weighted by Gasteiger charge is -2.27. The van der Waals surface area contributed by atoms with Crippen LogP contribution in [0.5, 0.6) is 0 Å². The summed E-state index contributed by atoms with van der Waals surface area (Å²) in [5.74, 6) is -1.63. The minimum Gasteiger partial charge on any atom is -0.481 e. The molecule has 42 heavy (non-hydrogen) atoms. The van der Waals surface area contributed by atoms with Gasteiger partial charge in [0, 0.05) is 49.1 Å². The van der Waals surface area contributed by atoms with Crippen molar-refractivity contribution in [3.63, 3.8) is 0 Å². The summed E-state index contributed by atoms with van der Waals surface area (Å²) in [5.41, 5.74) is 7.65. The molecule has 0 fully saturated rings. The Morgan fingerprint density at radius 1 is 1.10 bits per heavy atom. The van der Waals surface area contributed by atoms with Crippen LogP contribution in [0.3, 0.4) is 0 Å². The number of pyridine rings is 1. The Morgan fingerprint density at radius 2 is 1.88 bits per heavy atom. The number of fused-ring (bicyclic) bond motifs is 2. The fraction of sp³-hybridized carbons (Fsp3) is 0.308. The molecule has 0 saturated heterocycles. The number of carbonyl (C=O) groups is 3. The third-order valence-electron chi connectivity index (χ3n) is 6.34. The van der Waals surface area contributed by atoms with Gasteiger partial charge in [0.05, 0.1) is 12.7 Å². The Hall–Kier alpha value is -5.38. The zero-order valence-electron chi connectivity index (χ0n) is 22.4. The smallest absolute Gasteiger partial charge is 0.326 e. The number of aromatic nitrogens is 3. The molecule has 16 nitrogen and oxygen atoms in total. The molecule has 2 aliphatic rings. The minimum absolute atomic E-state index is 0.0281. The van der Waals surface area contributed by atoms with Crippen LogP contribution in [0, 0.1) is 0 Å². The van der Waals surface area contributed by atoms with Crippen molar-refractivity contribution in [2.45, 2.75) is 31.5 Å². The maximum absolute atomic E-state index is 12.3. The first-order valence-corrected chi connectivity index (χ1v) is 13.1. The zero-order chi connectivity index (χ0) is 30.1. The highest BCUT2D eigenvalue weighted by atomic mass is 16.4. The second kappa shape index (κ2) is 13.8. The van der Waals surface area contributed by atoms with E-state index in [0.29, 0.717) is 30.3 Å². The number of carboxylic acids is 2. The second-order valence-electron chi connectivity index (χ2n) is 9.44. The number of aliphatic carboxylic acids is 2. The predicted octanol–water partition coefficient (Wildman–Crippen LogP) is 0.272. The Bertz CT molecular complexity index is 1450. The first kappa shape index (κ1) is 29.6. The molecule has 2 aliphatic heterocycles. The number of H-pyrrole nitrogens is 1. The number of hydrogen-bond acceptors (Lipinski definition) is 12. The maximum Gasteiger partial charge on any atom is 0.326 e. The van der Waals surface area contributed by atoms with Crippen LogP contribution in [-0.2, 0) is 16.1 Å². The number of rotatable bonds is 9. The van der Waals surface area contributed by atoms with E-state index in [0.717, 1.165) is 19.0 Å². The summed E-state index contributed by atoms with van der Waals surface area (Å²) in [7, 11) is 0. The molecule has 1 aromatic carbocycles. The Balaban J connectivity index is 0.000000337. The SMILES string of the molecule is Nc1nc2c(c(=O)[nH]1)NC(CNc1ccc(C(=O)N[C@@H](CCC(=O)O)C(=O)O)cc1)CN2.c1cnc2c(c1)CNCN2. The molecule has 0 bridgehead atoms. The summed E-state index contributed by atoms with van der Waals surface area (Å²) in [6.45, 7) is 2.71. The highest BCUT2D eigenvalue weighted by molar-refractivity contribution is 5.97. The highest BCUT2D eigenvalue weighted by Gasteiger charge is 2.23. The number of carboxylic acid groups (broad SMARTS) is 2. The van der Waals surface area contributed by atoms with Crippen LogP contribution in [-0.4, -0.2) is 74.9 Å². The van der Waals surface area contributed by atoms with Gasteiger partial charge in [0.15, 0.2) is 5.82 Å². The summed E-state index contributed by atoms with van der Waals surface area (Å²) in [5, 5.41) is 35.8. The first-order chi connectivity index (χ1) is 20.2. The number of anilines is 5. The third kappa shape index (κ3) is 8.07. The van der Waals surface area contributed by atoms with Gasteiger partial charge >= 0.3 is 11.9 Å². The van der Waals surface area contributed by atoms with Gasteiger partial charge in [-0.3, -0.25) is 24.7 Å². The van der Waals surface area contributed by atoms with Crippen LogP contribution in [0.2, 0.25) is 0 Å². The van der Waals surface area contributed by atoms with E-state index in [1.807, 2.05) is 6.07 Å². The van der Waals surface area contributed by atoms with Crippen LogP contribution in [0.25, 0.3) is 0 Å². The largest absolute Gasteiger partial charge is 0.481 e. The van der Waals surface area contributed by atoms with Gasteiger partial charge in [-0.2, -0.15) is 4.98 Å². The number of nitrogens with zero attached hydrogens (tertiary/aromatic N) is 2. The Morgan fingerprint density at radius 3 is 2.60 bits per heavy atom. The number of amides is 1. The van der Waals surface area contributed by atoms with Crippen molar-refractivity contribution in [2.75, 3.05) is 46.8 Å². The Labute approximate surface area is 239 Å².